The van der Waals surface area contributed by atoms with Gasteiger partial charge in [-0.15, -0.1) is 0 Å². The summed E-state index contributed by atoms with van der Waals surface area (Å²) >= 11 is 0. The van der Waals surface area contributed by atoms with E-state index in [4.69, 9.17) is 5.73 Å². The molecule has 0 atom stereocenters. The van der Waals surface area contributed by atoms with Crippen molar-refractivity contribution in [2.75, 3.05) is 0 Å². The lowest BCUT2D eigenvalue weighted by atomic mass is 10.0. The van der Waals surface area contributed by atoms with Gasteiger partial charge in [0.15, 0.2) is 0 Å². The molecule has 1 rings (SSSR count). The van der Waals surface area contributed by atoms with E-state index in [-0.39, 0.29) is 0 Å². The number of carbonyl (C=O) groups excluding carboxylic acids is 2. The number of primary amides is 1. The Morgan fingerprint density at radius 2 is 1.59 bits per heavy atom. The number of Topliss-reactive ketones (excluding diaryl/α,β-unsaturated/α-hetero) is 1. The number of unbranched alkanes of at least 4 members (excludes halogenated alkanes) is 3. The second-order valence-corrected chi connectivity index (χ2v) is 4.19. The van der Waals surface area contributed by atoms with Crippen LogP contribution in [0.15, 0.2) is 30.3 Å². The lowest BCUT2D eigenvalue weighted by Crippen LogP contribution is -2.22. The standard InChI is InChI=1S/C14H19NO2/c15-14(17)13(16)11-7-2-1-4-8-12-9-5-3-6-10-12/h3,5-6,9-10H,1-2,4,7-8,11H2,(H2,15,17). The number of carbonyl (C=O) groups is 2. The molecular weight excluding hydrogens is 214 g/mol. The predicted molar refractivity (Wildman–Crippen MR) is 67.4 cm³/mol. The number of amides is 1. The van der Waals surface area contributed by atoms with E-state index < -0.39 is 11.7 Å². The lowest BCUT2D eigenvalue weighted by Gasteiger charge is -2.01. The van der Waals surface area contributed by atoms with Crippen LogP contribution in [0.5, 0.6) is 0 Å². The van der Waals surface area contributed by atoms with Gasteiger partial charge in [-0.2, -0.15) is 0 Å². The maximum Gasteiger partial charge on any atom is 0.284 e. The molecule has 3 heteroatoms. The van der Waals surface area contributed by atoms with E-state index in [1.165, 1.54) is 5.56 Å². The Hall–Kier alpha value is -1.64. The molecule has 2 N–H and O–H groups in total. The maximum atomic E-state index is 10.9. The van der Waals surface area contributed by atoms with Crippen LogP contribution in [-0.4, -0.2) is 11.7 Å². The molecule has 0 bridgehead atoms. The van der Waals surface area contributed by atoms with Crippen LogP contribution in [0.3, 0.4) is 0 Å². The topological polar surface area (TPSA) is 60.2 Å². The normalized spacial score (nSPS) is 10.1. The fraction of sp³-hybridized carbons (Fsp3) is 0.429. The molecule has 0 aliphatic heterocycles. The molecule has 0 aliphatic carbocycles. The molecule has 0 unspecified atom stereocenters. The van der Waals surface area contributed by atoms with E-state index in [1.54, 1.807) is 0 Å². The van der Waals surface area contributed by atoms with Gasteiger partial charge in [0, 0.05) is 6.42 Å². The number of benzene rings is 1. The number of nitrogens with two attached hydrogens (primary N) is 1. The molecule has 0 saturated heterocycles. The van der Waals surface area contributed by atoms with Crippen LogP contribution in [0.1, 0.15) is 37.7 Å². The van der Waals surface area contributed by atoms with Crippen molar-refractivity contribution in [3.63, 3.8) is 0 Å². The van der Waals surface area contributed by atoms with Gasteiger partial charge in [0.1, 0.15) is 0 Å². The average Bonchev–Trinajstić information content (AvgIpc) is 2.34. The molecule has 0 radical (unpaired) electrons. The van der Waals surface area contributed by atoms with Crippen LogP contribution in [0.2, 0.25) is 0 Å². The molecule has 1 aromatic carbocycles. The number of hydrogen-bond acceptors (Lipinski definition) is 2. The van der Waals surface area contributed by atoms with Crippen molar-refractivity contribution in [1.82, 2.24) is 0 Å². The third-order valence-electron chi connectivity index (χ3n) is 2.74. The minimum absolute atomic E-state index is 0.292. The van der Waals surface area contributed by atoms with Gasteiger partial charge in [-0.05, 0) is 24.8 Å². The number of hydrogen-bond donors (Lipinski definition) is 1. The second-order valence-electron chi connectivity index (χ2n) is 4.19. The molecule has 0 aliphatic rings. The minimum atomic E-state index is -0.811. The molecule has 0 fully saturated rings. The van der Waals surface area contributed by atoms with Crippen molar-refractivity contribution in [3.8, 4) is 0 Å². The van der Waals surface area contributed by atoms with Crippen molar-refractivity contribution in [2.24, 2.45) is 5.73 Å². The van der Waals surface area contributed by atoms with Gasteiger partial charge in [0.2, 0.25) is 5.78 Å². The van der Waals surface area contributed by atoms with Gasteiger partial charge >= 0.3 is 0 Å². The fourth-order valence-corrected chi connectivity index (χ4v) is 1.74. The van der Waals surface area contributed by atoms with Crippen molar-refractivity contribution < 1.29 is 9.59 Å². The Morgan fingerprint density at radius 3 is 2.24 bits per heavy atom. The highest BCUT2D eigenvalue weighted by molar-refractivity contribution is 6.35. The molecule has 92 valence electrons. The first-order valence-electron chi connectivity index (χ1n) is 6.06. The summed E-state index contributed by atoms with van der Waals surface area (Å²) < 4.78 is 0. The van der Waals surface area contributed by atoms with Gasteiger partial charge in [0.25, 0.3) is 5.91 Å². The molecule has 0 aromatic heterocycles. The van der Waals surface area contributed by atoms with E-state index in [2.05, 4.69) is 12.1 Å². The molecule has 17 heavy (non-hydrogen) atoms. The van der Waals surface area contributed by atoms with Gasteiger partial charge in [-0.3, -0.25) is 9.59 Å². The molecule has 0 saturated carbocycles. The molecule has 0 heterocycles. The number of ketones is 1. The van der Waals surface area contributed by atoms with Crippen molar-refractivity contribution in [3.05, 3.63) is 35.9 Å². The SMILES string of the molecule is NC(=O)C(=O)CCCCCCc1ccccc1. The summed E-state index contributed by atoms with van der Waals surface area (Å²) in [5, 5.41) is 0. The number of rotatable bonds is 8. The van der Waals surface area contributed by atoms with Gasteiger partial charge in [-0.25, -0.2) is 0 Å². The Kier molecular flexibility index (Phi) is 6.00. The first-order chi connectivity index (χ1) is 8.20. The van der Waals surface area contributed by atoms with Crippen molar-refractivity contribution in [1.29, 1.82) is 0 Å². The average molecular weight is 233 g/mol. The third kappa shape index (κ3) is 5.85. The van der Waals surface area contributed by atoms with Crippen LogP contribution in [0, 0.1) is 0 Å². The van der Waals surface area contributed by atoms with Crippen molar-refractivity contribution in [2.45, 2.75) is 38.5 Å². The van der Waals surface area contributed by atoms with E-state index in [0.29, 0.717) is 6.42 Å². The third-order valence-corrected chi connectivity index (χ3v) is 2.74. The second kappa shape index (κ2) is 7.60. The Bertz CT molecular complexity index is 360. The van der Waals surface area contributed by atoms with E-state index in [9.17, 15) is 9.59 Å². The highest BCUT2D eigenvalue weighted by Crippen LogP contribution is 2.08. The van der Waals surface area contributed by atoms with Crippen LogP contribution in [-0.2, 0) is 16.0 Å². The summed E-state index contributed by atoms with van der Waals surface area (Å²) in [6.45, 7) is 0. The zero-order chi connectivity index (χ0) is 12.5. The van der Waals surface area contributed by atoms with Crippen LogP contribution < -0.4 is 5.73 Å². The molecule has 1 amide bonds. The summed E-state index contributed by atoms with van der Waals surface area (Å²) in [4.78, 5) is 21.4. The quantitative estimate of drug-likeness (QED) is 0.553. The largest absolute Gasteiger partial charge is 0.363 e. The predicted octanol–water partition coefficient (Wildman–Crippen LogP) is 2.23. The van der Waals surface area contributed by atoms with E-state index in [1.807, 2.05) is 18.2 Å². The van der Waals surface area contributed by atoms with Crippen molar-refractivity contribution >= 4 is 11.7 Å². The summed E-state index contributed by atoms with van der Waals surface area (Å²) in [5.74, 6) is -1.26. The molecular formula is C14H19NO2. The summed E-state index contributed by atoms with van der Waals surface area (Å²) in [5.41, 5.74) is 6.21. The lowest BCUT2D eigenvalue weighted by molar-refractivity contribution is -0.136. The molecule has 0 spiro atoms. The first kappa shape index (κ1) is 13.4. The van der Waals surface area contributed by atoms with Crippen LogP contribution in [0.4, 0.5) is 0 Å². The summed E-state index contributed by atoms with van der Waals surface area (Å²) in [7, 11) is 0. The van der Waals surface area contributed by atoms with Gasteiger partial charge in [-0.1, -0.05) is 43.2 Å². The highest BCUT2D eigenvalue weighted by atomic mass is 16.2. The first-order valence-corrected chi connectivity index (χ1v) is 6.06. The van der Waals surface area contributed by atoms with Crippen LogP contribution in [0.25, 0.3) is 0 Å². The van der Waals surface area contributed by atoms with Gasteiger partial charge < -0.3 is 5.73 Å². The zero-order valence-corrected chi connectivity index (χ0v) is 10.0. The maximum absolute atomic E-state index is 10.9. The Labute approximate surface area is 102 Å². The smallest absolute Gasteiger partial charge is 0.284 e. The van der Waals surface area contributed by atoms with Gasteiger partial charge in [0.05, 0.1) is 0 Å². The zero-order valence-electron chi connectivity index (χ0n) is 10.0. The monoisotopic (exact) mass is 233 g/mol. The van der Waals surface area contributed by atoms with E-state index >= 15 is 0 Å². The minimum Gasteiger partial charge on any atom is -0.363 e. The highest BCUT2D eigenvalue weighted by Gasteiger charge is 2.07. The Balaban J connectivity index is 2.02. The molecule has 3 nitrogen and oxygen atoms in total. The summed E-state index contributed by atoms with van der Waals surface area (Å²) in [6, 6.07) is 10.3. The van der Waals surface area contributed by atoms with E-state index in [0.717, 1.165) is 32.1 Å². The fourth-order valence-electron chi connectivity index (χ4n) is 1.74. The number of aryl methyl sites for hydroxylation is 1. The summed E-state index contributed by atoms with van der Waals surface area (Å²) in [6.07, 6.45) is 5.31. The molecule has 1 aromatic rings. The van der Waals surface area contributed by atoms with Crippen LogP contribution >= 0.6 is 0 Å². The Morgan fingerprint density at radius 1 is 0.941 bits per heavy atom.